The second-order valence-corrected chi connectivity index (χ2v) is 3.87. The van der Waals surface area contributed by atoms with Gasteiger partial charge in [-0.15, -0.1) is 10.2 Å². The summed E-state index contributed by atoms with van der Waals surface area (Å²) < 4.78 is 0. The lowest BCUT2D eigenvalue weighted by Gasteiger charge is -2.06. The van der Waals surface area contributed by atoms with E-state index in [1.807, 2.05) is 24.3 Å². The molecule has 0 spiro atoms. The van der Waals surface area contributed by atoms with E-state index in [0.29, 0.717) is 12.4 Å². The zero-order chi connectivity index (χ0) is 12.9. The largest absolute Gasteiger partial charge is 0.379 e. The molecule has 3 aromatic rings. The number of nitrogens with zero attached hydrogens (tertiary/aromatic N) is 5. The van der Waals surface area contributed by atoms with Crippen LogP contribution >= 0.6 is 0 Å². The van der Waals surface area contributed by atoms with Crippen LogP contribution in [0.1, 0.15) is 5.69 Å². The number of aromatic amines is 1. The van der Waals surface area contributed by atoms with Crippen LogP contribution in [0.4, 0.5) is 5.69 Å². The molecule has 0 unspecified atom stereocenters. The molecule has 7 heteroatoms. The smallest absolute Gasteiger partial charge is 0.204 e. The van der Waals surface area contributed by atoms with Gasteiger partial charge in [0, 0.05) is 23.6 Å². The number of hydrogen-bond acceptors (Lipinski definition) is 6. The van der Waals surface area contributed by atoms with E-state index in [-0.39, 0.29) is 0 Å². The highest BCUT2D eigenvalue weighted by molar-refractivity contribution is 5.61. The molecule has 0 saturated heterocycles. The van der Waals surface area contributed by atoms with Crippen LogP contribution in [0, 0.1) is 0 Å². The summed E-state index contributed by atoms with van der Waals surface area (Å²) in [6.07, 6.45) is 5.06. The molecule has 2 aromatic heterocycles. The Balaban J connectivity index is 1.74. The number of tetrazole rings is 1. The van der Waals surface area contributed by atoms with E-state index in [0.717, 1.165) is 16.9 Å². The van der Waals surface area contributed by atoms with Gasteiger partial charge in [0.2, 0.25) is 5.82 Å². The Labute approximate surface area is 109 Å². The molecule has 7 nitrogen and oxygen atoms in total. The van der Waals surface area contributed by atoms with E-state index in [1.54, 1.807) is 18.6 Å². The number of rotatable bonds is 4. The Morgan fingerprint density at radius 1 is 1.21 bits per heavy atom. The van der Waals surface area contributed by atoms with Crippen LogP contribution in [0.3, 0.4) is 0 Å². The molecule has 0 bridgehead atoms. The van der Waals surface area contributed by atoms with Crippen molar-refractivity contribution < 1.29 is 0 Å². The lowest BCUT2D eigenvalue weighted by molar-refractivity contribution is 0.881. The second-order valence-electron chi connectivity index (χ2n) is 3.87. The van der Waals surface area contributed by atoms with Crippen LogP contribution < -0.4 is 5.32 Å². The highest BCUT2D eigenvalue weighted by Gasteiger charge is 2.03. The summed E-state index contributed by atoms with van der Waals surface area (Å²) >= 11 is 0. The van der Waals surface area contributed by atoms with Crippen molar-refractivity contribution in [3.63, 3.8) is 0 Å². The van der Waals surface area contributed by atoms with Gasteiger partial charge in [0.25, 0.3) is 0 Å². The van der Waals surface area contributed by atoms with Crippen LogP contribution in [-0.2, 0) is 6.54 Å². The van der Waals surface area contributed by atoms with Gasteiger partial charge in [-0.2, -0.15) is 5.21 Å². The summed E-state index contributed by atoms with van der Waals surface area (Å²) in [7, 11) is 0. The van der Waals surface area contributed by atoms with Gasteiger partial charge < -0.3 is 5.32 Å². The van der Waals surface area contributed by atoms with Crippen molar-refractivity contribution >= 4 is 5.69 Å². The zero-order valence-electron chi connectivity index (χ0n) is 9.98. The average molecular weight is 253 g/mol. The highest BCUT2D eigenvalue weighted by Crippen LogP contribution is 2.18. The summed E-state index contributed by atoms with van der Waals surface area (Å²) in [5, 5.41) is 17.2. The number of aromatic nitrogens is 6. The fraction of sp³-hybridized carbons (Fsp3) is 0.0833. The molecule has 94 valence electrons. The molecule has 0 amide bonds. The van der Waals surface area contributed by atoms with Crippen molar-refractivity contribution in [1.29, 1.82) is 0 Å². The van der Waals surface area contributed by atoms with Crippen molar-refractivity contribution in [2.75, 3.05) is 5.32 Å². The average Bonchev–Trinajstić information content (AvgIpc) is 3.01. The Bertz CT molecular complexity index is 636. The molecule has 19 heavy (non-hydrogen) atoms. The minimum atomic E-state index is 0.572. The second kappa shape index (κ2) is 5.21. The van der Waals surface area contributed by atoms with Crippen molar-refractivity contribution in [1.82, 2.24) is 30.6 Å². The van der Waals surface area contributed by atoms with E-state index >= 15 is 0 Å². The summed E-state index contributed by atoms with van der Waals surface area (Å²) in [5.41, 5.74) is 2.75. The highest BCUT2D eigenvalue weighted by atomic mass is 15.5. The third kappa shape index (κ3) is 2.71. The summed E-state index contributed by atoms with van der Waals surface area (Å²) in [6, 6.07) is 7.80. The summed E-state index contributed by atoms with van der Waals surface area (Å²) in [5.74, 6) is 0.572. The van der Waals surface area contributed by atoms with Crippen LogP contribution in [0.15, 0.2) is 42.9 Å². The summed E-state index contributed by atoms with van der Waals surface area (Å²) in [6.45, 7) is 0.615. The molecule has 0 aliphatic carbocycles. The Hall–Kier alpha value is -2.83. The zero-order valence-corrected chi connectivity index (χ0v) is 9.98. The molecule has 3 rings (SSSR count). The fourth-order valence-electron chi connectivity index (χ4n) is 1.67. The van der Waals surface area contributed by atoms with Gasteiger partial charge in [-0.05, 0) is 17.3 Å². The van der Waals surface area contributed by atoms with Crippen molar-refractivity contribution in [2.45, 2.75) is 6.54 Å². The lowest BCUT2D eigenvalue weighted by Crippen LogP contribution is -2.01. The minimum absolute atomic E-state index is 0.572. The van der Waals surface area contributed by atoms with E-state index in [1.165, 1.54) is 0 Å². The van der Waals surface area contributed by atoms with Gasteiger partial charge in [0.1, 0.15) is 0 Å². The minimum Gasteiger partial charge on any atom is -0.379 e. The van der Waals surface area contributed by atoms with Crippen molar-refractivity contribution in [3.8, 4) is 11.4 Å². The van der Waals surface area contributed by atoms with Gasteiger partial charge in [0.05, 0.1) is 18.4 Å². The maximum atomic E-state index is 4.20. The van der Waals surface area contributed by atoms with E-state index in [4.69, 9.17) is 0 Å². The van der Waals surface area contributed by atoms with Gasteiger partial charge in [-0.1, -0.05) is 12.1 Å². The molecular formula is C12H11N7. The Morgan fingerprint density at radius 2 is 2.21 bits per heavy atom. The van der Waals surface area contributed by atoms with Gasteiger partial charge in [-0.25, -0.2) is 0 Å². The topological polar surface area (TPSA) is 92.3 Å². The van der Waals surface area contributed by atoms with Gasteiger partial charge in [0.15, 0.2) is 0 Å². The van der Waals surface area contributed by atoms with E-state index in [9.17, 15) is 0 Å². The Kier molecular flexibility index (Phi) is 3.09. The molecule has 1 aromatic carbocycles. The number of hydrogen-bond donors (Lipinski definition) is 2. The number of nitrogens with one attached hydrogen (secondary N) is 2. The molecule has 2 N–H and O–H groups in total. The van der Waals surface area contributed by atoms with E-state index in [2.05, 4.69) is 35.9 Å². The quantitative estimate of drug-likeness (QED) is 0.727. The molecule has 0 radical (unpaired) electrons. The van der Waals surface area contributed by atoms with Crippen LogP contribution in [0.5, 0.6) is 0 Å². The monoisotopic (exact) mass is 253 g/mol. The number of anilines is 1. The first-order valence-electron chi connectivity index (χ1n) is 5.74. The molecule has 0 atom stereocenters. The first-order valence-corrected chi connectivity index (χ1v) is 5.74. The van der Waals surface area contributed by atoms with Crippen LogP contribution in [0.25, 0.3) is 11.4 Å². The SMILES string of the molecule is c1cc(NCc2cnccn2)cc(-c2nn[nH]n2)c1. The lowest BCUT2D eigenvalue weighted by atomic mass is 10.2. The van der Waals surface area contributed by atoms with Crippen molar-refractivity contribution in [2.24, 2.45) is 0 Å². The first-order chi connectivity index (χ1) is 9.42. The maximum absolute atomic E-state index is 4.20. The predicted octanol–water partition coefficient (Wildman–Crippen LogP) is 1.27. The molecule has 2 heterocycles. The molecule has 0 saturated carbocycles. The van der Waals surface area contributed by atoms with Gasteiger partial charge >= 0.3 is 0 Å². The molecular weight excluding hydrogens is 242 g/mol. The molecule has 0 aliphatic rings. The van der Waals surface area contributed by atoms with Gasteiger partial charge in [-0.3, -0.25) is 9.97 Å². The first kappa shape index (κ1) is 11.3. The molecule has 0 aliphatic heterocycles. The fourth-order valence-corrected chi connectivity index (χ4v) is 1.67. The number of benzene rings is 1. The maximum Gasteiger partial charge on any atom is 0.204 e. The van der Waals surface area contributed by atoms with Crippen LogP contribution in [-0.4, -0.2) is 30.6 Å². The third-order valence-electron chi connectivity index (χ3n) is 2.56. The van der Waals surface area contributed by atoms with Crippen LogP contribution in [0.2, 0.25) is 0 Å². The normalized spacial score (nSPS) is 10.3. The van der Waals surface area contributed by atoms with Crippen molar-refractivity contribution in [3.05, 3.63) is 48.5 Å². The Morgan fingerprint density at radius 3 is 3.00 bits per heavy atom. The van der Waals surface area contributed by atoms with E-state index < -0.39 is 0 Å². The molecule has 0 fully saturated rings. The standard InChI is InChI=1S/C12H11N7/c1-2-9(12-16-18-19-17-12)6-10(3-1)15-8-11-7-13-4-5-14-11/h1-7,15H,8H2,(H,16,17,18,19). The predicted molar refractivity (Wildman–Crippen MR) is 69.0 cm³/mol. The summed E-state index contributed by atoms with van der Waals surface area (Å²) in [4.78, 5) is 8.22. The third-order valence-corrected chi connectivity index (χ3v) is 2.56. The number of H-pyrrole nitrogens is 1.